The van der Waals surface area contributed by atoms with Crippen LogP contribution >= 0.6 is 23.5 Å². The van der Waals surface area contributed by atoms with Crippen molar-refractivity contribution >= 4 is 41.0 Å². The Kier molecular flexibility index (Phi) is 4.80. The molecule has 2 heterocycles. The normalized spacial score (nSPS) is 13.8. The first-order valence-electron chi connectivity index (χ1n) is 8.42. The van der Waals surface area contributed by atoms with Gasteiger partial charge in [-0.15, -0.1) is 0 Å². The van der Waals surface area contributed by atoms with Gasteiger partial charge in [0, 0.05) is 23.3 Å². The molecular weight excluding hydrogens is 387 g/mol. The summed E-state index contributed by atoms with van der Waals surface area (Å²) in [4.78, 5) is 15.7. The Balaban J connectivity index is 1.76. The smallest absolute Gasteiger partial charge is 0.288 e. The van der Waals surface area contributed by atoms with Gasteiger partial charge >= 0.3 is 6.03 Å². The number of fused-ring (bicyclic) bond motifs is 1. The number of hydrogen-bond acceptors (Lipinski definition) is 3. The number of hydrogen-bond donors (Lipinski definition) is 0. The summed E-state index contributed by atoms with van der Waals surface area (Å²) >= 11 is 7.52. The van der Waals surface area contributed by atoms with Gasteiger partial charge in [0.1, 0.15) is 5.82 Å². The van der Waals surface area contributed by atoms with E-state index in [1.807, 2.05) is 37.4 Å². The molecule has 0 fully saturated rings. The Morgan fingerprint density at radius 1 is 1.19 bits per heavy atom. The molecule has 0 saturated heterocycles. The predicted octanol–water partition coefficient (Wildman–Crippen LogP) is 5.35. The van der Waals surface area contributed by atoms with Gasteiger partial charge in [0.25, 0.3) is 0 Å². The number of amides is 2. The standard InChI is InChI=1S/C19H16ClFN4OS/c1-2-23-11-13(10-22-23)25-19(26)24(17-8-3-4-9-18(17)27-25)12-14-15(20)6-5-7-16(14)21/h3-11H,2,12H2,1H3. The van der Waals surface area contributed by atoms with E-state index in [1.165, 1.54) is 18.0 Å². The van der Waals surface area contributed by atoms with E-state index in [9.17, 15) is 9.18 Å². The highest BCUT2D eigenvalue weighted by molar-refractivity contribution is 8.01. The fourth-order valence-electron chi connectivity index (χ4n) is 2.90. The first kappa shape index (κ1) is 17.9. The molecular formula is C19H16ClFN4OS. The zero-order chi connectivity index (χ0) is 19.0. The van der Waals surface area contributed by atoms with E-state index >= 15 is 0 Å². The Morgan fingerprint density at radius 3 is 2.74 bits per heavy atom. The van der Waals surface area contributed by atoms with E-state index in [2.05, 4.69) is 5.10 Å². The molecule has 138 valence electrons. The molecule has 2 aromatic carbocycles. The van der Waals surface area contributed by atoms with Crippen molar-refractivity contribution in [2.75, 3.05) is 9.21 Å². The second-order valence-corrected chi connectivity index (χ2v) is 7.37. The molecule has 4 rings (SSSR count). The lowest BCUT2D eigenvalue weighted by molar-refractivity contribution is 0.254. The minimum atomic E-state index is -0.434. The monoisotopic (exact) mass is 402 g/mol. The van der Waals surface area contributed by atoms with E-state index in [0.717, 1.165) is 10.6 Å². The van der Waals surface area contributed by atoms with Crippen LogP contribution < -0.4 is 9.21 Å². The van der Waals surface area contributed by atoms with Crippen molar-refractivity contribution in [1.29, 1.82) is 0 Å². The second-order valence-electron chi connectivity index (χ2n) is 5.98. The van der Waals surface area contributed by atoms with Crippen molar-refractivity contribution in [3.63, 3.8) is 0 Å². The molecule has 0 radical (unpaired) electrons. The third-order valence-corrected chi connectivity index (χ3v) is 5.75. The molecule has 0 spiro atoms. The number of benzene rings is 2. The maximum atomic E-state index is 14.3. The summed E-state index contributed by atoms with van der Waals surface area (Å²) in [5.41, 5.74) is 1.69. The van der Waals surface area contributed by atoms with E-state index in [-0.39, 0.29) is 12.6 Å². The minimum Gasteiger partial charge on any atom is -0.288 e. The molecule has 0 aliphatic carbocycles. The predicted molar refractivity (Wildman–Crippen MR) is 106 cm³/mol. The van der Waals surface area contributed by atoms with Crippen molar-refractivity contribution < 1.29 is 9.18 Å². The van der Waals surface area contributed by atoms with Crippen LogP contribution in [0.1, 0.15) is 12.5 Å². The third kappa shape index (κ3) is 3.28. The van der Waals surface area contributed by atoms with Crippen LogP contribution in [-0.4, -0.2) is 15.8 Å². The zero-order valence-corrected chi connectivity index (χ0v) is 16.0. The van der Waals surface area contributed by atoms with Gasteiger partial charge in [0.2, 0.25) is 0 Å². The van der Waals surface area contributed by atoms with Crippen molar-refractivity contribution in [2.24, 2.45) is 0 Å². The van der Waals surface area contributed by atoms with E-state index in [1.54, 1.807) is 32.2 Å². The fourth-order valence-corrected chi connectivity index (χ4v) is 4.10. The summed E-state index contributed by atoms with van der Waals surface area (Å²) < 4.78 is 17.6. The van der Waals surface area contributed by atoms with Crippen LogP contribution in [0.15, 0.2) is 59.8 Å². The number of rotatable bonds is 4. The van der Waals surface area contributed by atoms with Crippen LogP contribution in [0.5, 0.6) is 0 Å². The van der Waals surface area contributed by atoms with Gasteiger partial charge in [0.15, 0.2) is 0 Å². The summed E-state index contributed by atoms with van der Waals surface area (Å²) in [6.07, 6.45) is 3.46. The van der Waals surface area contributed by atoms with Gasteiger partial charge in [-0.3, -0.25) is 9.58 Å². The molecule has 0 unspecified atom stereocenters. The highest BCUT2D eigenvalue weighted by Gasteiger charge is 2.33. The van der Waals surface area contributed by atoms with Crippen LogP contribution in [0.4, 0.5) is 20.6 Å². The molecule has 2 amide bonds. The molecule has 1 aliphatic rings. The average molecular weight is 403 g/mol. The largest absolute Gasteiger partial charge is 0.339 e. The molecule has 0 saturated carbocycles. The SMILES string of the molecule is CCn1cc(N2Sc3ccccc3N(Cc3c(F)cccc3Cl)C2=O)cn1. The molecule has 0 bridgehead atoms. The van der Waals surface area contributed by atoms with Gasteiger partial charge in [-0.2, -0.15) is 5.10 Å². The topological polar surface area (TPSA) is 41.4 Å². The van der Waals surface area contributed by atoms with E-state index < -0.39 is 5.82 Å². The molecule has 3 aromatic rings. The summed E-state index contributed by atoms with van der Waals surface area (Å²) in [6.45, 7) is 2.72. The van der Waals surface area contributed by atoms with Crippen molar-refractivity contribution in [2.45, 2.75) is 24.9 Å². The first-order valence-corrected chi connectivity index (χ1v) is 9.57. The maximum absolute atomic E-state index is 14.3. The lowest BCUT2D eigenvalue weighted by Crippen LogP contribution is -2.43. The second kappa shape index (κ2) is 7.25. The highest BCUT2D eigenvalue weighted by atomic mass is 35.5. The Labute approximate surface area is 165 Å². The van der Waals surface area contributed by atoms with Crippen LogP contribution in [0, 0.1) is 5.82 Å². The quantitative estimate of drug-likeness (QED) is 0.552. The lowest BCUT2D eigenvalue weighted by Gasteiger charge is -2.35. The average Bonchev–Trinajstić information content (AvgIpc) is 3.15. The van der Waals surface area contributed by atoms with Crippen LogP contribution in [0.2, 0.25) is 5.02 Å². The minimum absolute atomic E-state index is 0.0420. The Hall–Kier alpha value is -2.51. The van der Waals surface area contributed by atoms with Gasteiger partial charge in [-0.05, 0) is 43.1 Å². The van der Waals surface area contributed by atoms with Gasteiger partial charge in [-0.25, -0.2) is 13.5 Å². The van der Waals surface area contributed by atoms with Crippen molar-refractivity contribution in [3.8, 4) is 0 Å². The number of nitrogens with zero attached hydrogens (tertiary/aromatic N) is 4. The number of para-hydroxylation sites is 1. The van der Waals surface area contributed by atoms with E-state index in [4.69, 9.17) is 11.6 Å². The molecule has 0 N–H and O–H groups in total. The number of urea groups is 1. The zero-order valence-electron chi connectivity index (χ0n) is 14.5. The summed E-state index contributed by atoms with van der Waals surface area (Å²) in [6, 6.07) is 11.8. The van der Waals surface area contributed by atoms with Crippen LogP contribution in [-0.2, 0) is 13.1 Å². The maximum Gasteiger partial charge on any atom is 0.339 e. The first-order chi connectivity index (χ1) is 13.1. The molecule has 0 atom stereocenters. The summed E-state index contributed by atoms with van der Waals surface area (Å²) in [5, 5.41) is 4.54. The fraction of sp³-hybridized carbons (Fsp3) is 0.158. The number of halogens is 2. The molecule has 1 aliphatic heterocycles. The third-order valence-electron chi connectivity index (χ3n) is 4.31. The molecule has 27 heavy (non-hydrogen) atoms. The number of carbonyl (C=O) groups excluding carboxylic acids is 1. The van der Waals surface area contributed by atoms with Crippen molar-refractivity contribution in [1.82, 2.24) is 9.78 Å². The number of carbonyl (C=O) groups is 1. The summed E-state index contributed by atoms with van der Waals surface area (Å²) in [7, 11) is 0. The summed E-state index contributed by atoms with van der Waals surface area (Å²) in [5.74, 6) is -0.434. The Morgan fingerprint density at radius 2 is 2.00 bits per heavy atom. The highest BCUT2D eigenvalue weighted by Crippen LogP contribution is 2.42. The van der Waals surface area contributed by atoms with E-state index in [0.29, 0.717) is 22.8 Å². The Bertz CT molecular complexity index is 989. The molecule has 8 heteroatoms. The van der Waals surface area contributed by atoms with Gasteiger partial charge in [-0.1, -0.05) is 29.8 Å². The van der Waals surface area contributed by atoms with Gasteiger partial charge < -0.3 is 0 Å². The molecule has 1 aromatic heterocycles. The number of aromatic nitrogens is 2. The molecule has 5 nitrogen and oxygen atoms in total. The number of anilines is 2. The van der Waals surface area contributed by atoms with Gasteiger partial charge in [0.05, 0.1) is 29.0 Å². The number of aryl methyl sites for hydroxylation is 1. The lowest BCUT2D eigenvalue weighted by atomic mass is 10.2. The van der Waals surface area contributed by atoms with Crippen LogP contribution in [0.3, 0.4) is 0 Å². The van der Waals surface area contributed by atoms with Crippen molar-refractivity contribution in [3.05, 3.63) is 71.3 Å². The van der Waals surface area contributed by atoms with Crippen LogP contribution in [0.25, 0.3) is 0 Å².